The average molecular weight is 726 g/mol. The number of halogens is 4. The molecule has 12 heteroatoms. The number of carboxylic acids is 2. The summed E-state index contributed by atoms with van der Waals surface area (Å²) in [5.74, 6) is -7.65. The summed E-state index contributed by atoms with van der Waals surface area (Å²) < 4.78 is 0. The minimum atomic E-state index is -2.61. The molecule has 48 heavy (non-hydrogen) atoms. The Morgan fingerprint density at radius 1 is 0.771 bits per heavy atom. The Kier molecular flexibility index (Phi) is 8.32. The van der Waals surface area contributed by atoms with E-state index in [1.165, 1.54) is 0 Å². The van der Waals surface area contributed by atoms with Crippen LogP contribution in [0.1, 0.15) is 66.6 Å². The maximum Gasteiger partial charge on any atom is 0.336 e. The van der Waals surface area contributed by atoms with Crippen molar-refractivity contribution in [3.8, 4) is 0 Å². The van der Waals surface area contributed by atoms with Gasteiger partial charge in [0.1, 0.15) is 5.92 Å². The fourth-order valence-corrected chi connectivity index (χ4v) is 8.32. The van der Waals surface area contributed by atoms with Crippen molar-refractivity contribution in [1.82, 2.24) is 0 Å². The number of aliphatic carboxylic acids is 1. The molecular formula is C36H28Cl4N2O6. The fraction of sp³-hybridized carbons (Fsp3) is 0.222. The normalized spacial score (nSPS) is 17.5. The summed E-state index contributed by atoms with van der Waals surface area (Å²) in [6, 6.07) is 13.2. The largest absolute Gasteiger partial charge is 0.478 e. The number of primary amides is 1. The van der Waals surface area contributed by atoms with Crippen LogP contribution in [0.5, 0.6) is 0 Å². The van der Waals surface area contributed by atoms with Crippen LogP contribution in [-0.4, -0.2) is 34.0 Å². The zero-order valence-electron chi connectivity index (χ0n) is 26.0. The molecule has 8 nitrogen and oxygen atoms in total. The number of fused-ring (bicyclic) bond motifs is 2. The van der Waals surface area contributed by atoms with Crippen molar-refractivity contribution in [2.24, 2.45) is 11.7 Å². The van der Waals surface area contributed by atoms with Crippen LogP contribution in [0.15, 0.2) is 48.5 Å². The number of nitrogens with two attached hydrogens (primary N) is 1. The summed E-state index contributed by atoms with van der Waals surface area (Å²) in [7, 11) is 0. The molecule has 6 rings (SSSR count). The SMILES string of the molecule is CC(C)c1cccc(C(C)C)c1NC(=O)C1C(C(=O)O)=c2c(C(=O)O)cc(Cl)c3c2c(c2c(Cl)ccc4ccc(Cl)c3c42)C1(Cl)C(N)=O. The Morgan fingerprint density at radius 3 is 1.81 bits per heavy atom. The summed E-state index contributed by atoms with van der Waals surface area (Å²) in [5, 5.41) is 25.5. The first kappa shape index (κ1) is 33.8. The van der Waals surface area contributed by atoms with Gasteiger partial charge in [-0.2, -0.15) is 0 Å². The van der Waals surface area contributed by atoms with Gasteiger partial charge in [-0.05, 0) is 51.9 Å². The number of para-hydroxylation sites is 1. The third-order valence-electron chi connectivity index (χ3n) is 9.14. The standard InChI is InChI=1S/C36H28Cl4N2O6/c1-13(2)16-6-5-7-17(14(3)4)31(16)42-32(43)30-28(34(46)47)23-18(33(44)45)12-21(39)25-24-19(37)10-8-15-9-11-20(38)26(22(15)24)29(27(23)25)36(30,40)35(41)48/h5-14,30H,1-4H3,(H2,41,48)(H,42,43)(H,44,45)(H,46,47). The van der Waals surface area contributed by atoms with Gasteiger partial charge in [0.15, 0.2) is 4.87 Å². The van der Waals surface area contributed by atoms with Crippen molar-refractivity contribution in [3.05, 3.63) is 91.1 Å². The van der Waals surface area contributed by atoms with Crippen LogP contribution in [-0.2, 0) is 19.3 Å². The number of amides is 2. The van der Waals surface area contributed by atoms with Gasteiger partial charge < -0.3 is 21.3 Å². The van der Waals surface area contributed by atoms with Crippen LogP contribution >= 0.6 is 46.4 Å². The van der Waals surface area contributed by atoms with Crippen molar-refractivity contribution < 1.29 is 29.4 Å². The molecular weight excluding hydrogens is 698 g/mol. The number of carboxylic acid groups (broad SMARTS) is 2. The zero-order chi connectivity index (χ0) is 35.1. The highest BCUT2D eigenvalue weighted by molar-refractivity contribution is 6.50. The van der Waals surface area contributed by atoms with Gasteiger partial charge in [-0.15, -0.1) is 11.6 Å². The number of alkyl halides is 1. The average Bonchev–Trinajstić information content (AvgIpc) is 3.01. The lowest BCUT2D eigenvalue weighted by Gasteiger charge is -2.39. The van der Waals surface area contributed by atoms with E-state index in [9.17, 15) is 29.4 Å². The van der Waals surface area contributed by atoms with Crippen molar-refractivity contribution in [1.29, 1.82) is 0 Å². The molecule has 0 radical (unpaired) electrons. The quantitative estimate of drug-likeness (QED) is 0.0756. The summed E-state index contributed by atoms with van der Waals surface area (Å²) >= 11 is 27.8. The van der Waals surface area contributed by atoms with Crippen molar-refractivity contribution in [2.45, 2.75) is 44.4 Å². The predicted octanol–water partition coefficient (Wildman–Crippen LogP) is 8.19. The first-order valence-corrected chi connectivity index (χ1v) is 16.5. The van der Waals surface area contributed by atoms with Crippen LogP contribution in [0.2, 0.25) is 15.1 Å². The number of nitrogens with one attached hydrogen (secondary N) is 1. The molecule has 0 spiro atoms. The van der Waals surface area contributed by atoms with E-state index in [2.05, 4.69) is 5.32 Å². The smallest absolute Gasteiger partial charge is 0.336 e. The number of rotatable bonds is 7. The Balaban J connectivity index is 1.89. The number of hydrogen-bond acceptors (Lipinski definition) is 4. The number of aromatic carboxylic acids is 1. The minimum Gasteiger partial charge on any atom is -0.478 e. The topological polar surface area (TPSA) is 147 Å². The van der Waals surface area contributed by atoms with Gasteiger partial charge in [0.05, 0.1) is 11.1 Å². The Labute approximate surface area is 294 Å². The highest BCUT2D eigenvalue weighted by Crippen LogP contribution is 2.55. The summed E-state index contributed by atoms with van der Waals surface area (Å²) in [6.45, 7) is 7.74. The van der Waals surface area contributed by atoms with Gasteiger partial charge >= 0.3 is 11.9 Å². The molecule has 5 aromatic carbocycles. The molecule has 0 aromatic heterocycles. The Bertz CT molecular complexity index is 2320. The van der Waals surface area contributed by atoms with Crippen LogP contribution in [0.4, 0.5) is 5.69 Å². The van der Waals surface area contributed by atoms with E-state index in [-0.39, 0.29) is 53.8 Å². The van der Waals surface area contributed by atoms with Crippen molar-refractivity contribution >= 4 is 114 Å². The number of anilines is 1. The van der Waals surface area contributed by atoms with Crippen LogP contribution in [0, 0.1) is 5.92 Å². The highest BCUT2D eigenvalue weighted by Gasteiger charge is 2.56. The van der Waals surface area contributed by atoms with Gasteiger partial charge in [0.2, 0.25) is 11.8 Å². The van der Waals surface area contributed by atoms with Crippen molar-refractivity contribution in [3.63, 3.8) is 0 Å². The van der Waals surface area contributed by atoms with E-state index < -0.39 is 45.7 Å². The van der Waals surface area contributed by atoms with Gasteiger partial charge in [0.25, 0.3) is 0 Å². The van der Waals surface area contributed by atoms with Gasteiger partial charge in [-0.25, -0.2) is 9.59 Å². The first-order valence-electron chi connectivity index (χ1n) is 15.0. The fourth-order valence-electron chi connectivity index (χ4n) is 7.12. The summed E-state index contributed by atoms with van der Waals surface area (Å²) in [6.07, 6.45) is 0. The molecule has 0 saturated heterocycles. The second kappa shape index (κ2) is 11.8. The second-order valence-electron chi connectivity index (χ2n) is 12.5. The van der Waals surface area contributed by atoms with E-state index in [0.29, 0.717) is 21.8 Å². The summed E-state index contributed by atoms with van der Waals surface area (Å²) in [4.78, 5) is 52.2. The van der Waals surface area contributed by atoms with Crippen LogP contribution in [0.25, 0.3) is 37.9 Å². The van der Waals surface area contributed by atoms with Gasteiger partial charge in [0, 0.05) is 53.1 Å². The monoisotopic (exact) mass is 724 g/mol. The molecule has 0 fully saturated rings. The maximum atomic E-state index is 14.8. The maximum absolute atomic E-state index is 14.8. The number of benzene rings is 5. The number of carbonyl (C=O) groups is 4. The lowest BCUT2D eigenvalue weighted by molar-refractivity contribution is -0.133. The number of hydrogen-bond donors (Lipinski definition) is 4. The third kappa shape index (κ3) is 4.72. The van der Waals surface area contributed by atoms with Gasteiger partial charge in [-0.1, -0.05) is 92.8 Å². The summed E-state index contributed by atoms with van der Waals surface area (Å²) in [5.41, 5.74) is 6.62. The second-order valence-corrected chi connectivity index (χ2v) is 14.3. The molecule has 5 N–H and O–H groups in total. The molecule has 246 valence electrons. The molecule has 2 unspecified atom stereocenters. The molecule has 0 aliphatic heterocycles. The molecule has 1 aliphatic carbocycles. The Morgan fingerprint density at radius 2 is 1.31 bits per heavy atom. The van der Waals surface area contributed by atoms with E-state index in [4.69, 9.17) is 52.1 Å². The highest BCUT2D eigenvalue weighted by atomic mass is 35.5. The lowest BCUT2D eigenvalue weighted by atomic mass is 9.69. The predicted molar refractivity (Wildman–Crippen MR) is 191 cm³/mol. The first-order chi connectivity index (χ1) is 22.5. The lowest BCUT2D eigenvalue weighted by Crippen LogP contribution is -2.53. The molecule has 5 aromatic rings. The molecule has 1 aliphatic rings. The number of carbonyl (C=O) groups excluding carboxylic acids is 2. The van der Waals surface area contributed by atoms with E-state index in [1.54, 1.807) is 24.3 Å². The van der Waals surface area contributed by atoms with E-state index in [1.807, 2.05) is 45.9 Å². The third-order valence-corrected chi connectivity index (χ3v) is 10.7. The van der Waals surface area contributed by atoms with E-state index >= 15 is 0 Å². The van der Waals surface area contributed by atoms with Crippen LogP contribution < -0.4 is 16.3 Å². The zero-order valence-corrected chi connectivity index (χ0v) is 29.0. The Hall–Kier alpha value is -4.08. The molecule has 0 heterocycles. The van der Waals surface area contributed by atoms with Gasteiger partial charge in [-0.3, -0.25) is 9.59 Å². The molecule has 2 amide bonds. The van der Waals surface area contributed by atoms with Crippen molar-refractivity contribution in [2.75, 3.05) is 5.32 Å². The minimum absolute atomic E-state index is 0.0698. The van der Waals surface area contributed by atoms with Crippen LogP contribution in [0.3, 0.4) is 0 Å². The molecule has 0 saturated carbocycles. The molecule has 2 atom stereocenters. The van der Waals surface area contributed by atoms with E-state index in [0.717, 1.165) is 17.2 Å². The molecule has 0 bridgehead atoms.